The Bertz CT molecular complexity index is 570. The highest BCUT2D eigenvalue weighted by atomic mass is 16.6. The molecule has 0 aromatic heterocycles. The number of nitro groups is 1. The first-order valence-electron chi connectivity index (χ1n) is 5.44. The van der Waals surface area contributed by atoms with E-state index in [4.69, 9.17) is 11.5 Å². The first kappa shape index (κ1) is 12.1. The van der Waals surface area contributed by atoms with Gasteiger partial charge in [0.05, 0.1) is 11.0 Å². The number of hydrogen-bond acceptors (Lipinski definition) is 4. The Kier molecular flexibility index (Phi) is 3.25. The van der Waals surface area contributed by atoms with E-state index < -0.39 is 11.0 Å². The molecule has 2 aromatic rings. The van der Waals surface area contributed by atoms with Gasteiger partial charge in [0, 0.05) is 6.07 Å². The van der Waals surface area contributed by atoms with E-state index in [1.165, 1.54) is 12.1 Å². The topological polar surface area (TPSA) is 95.2 Å². The van der Waals surface area contributed by atoms with E-state index in [1.807, 2.05) is 30.3 Å². The van der Waals surface area contributed by atoms with Crippen LogP contribution in [0.3, 0.4) is 0 Å². The van der Waals surface area contributed by atoms with E-state index in [0.29, 0.717) is 5.56 Å². The fraction of sp³-hybridized carbons (Fsp3) is 0.0769. The van der Waals surface area contributed by atoms with Gasteiger partial charge in [0.2, 0.25) is 0 Å². The molecule has 2 aromatic carbocycles. The minimum Gasteiger partial charge on any atom is -0.393 e. The second-order valence-corrected chi connectivity index (χ2v) is 3.96. The summed E-state index contributed by atoms with van der Waals surface area (Å²) in [5.74, 6) is 0. The highest BCUT2D eigenvalue weighted by Gasteiger charge is 2.16. The lowest BCUT2D eigenvalue weighted by Crippen LogP contribution is -2.12. The van der Waals surface area contributed by atoms with Crippen LogP contribution in [0.5, 0.6) is 0 Å². The monoisotopic (exact) mass is 243 g/mol. The lowest BCUT2D eigenvalue weighted by molar-refractivity contribution is -0.384. The number of nitrogens with zero attached hydrogens (tertiary/aromatic N) is 1. The lowest BCUT2D eigenvalue weighted by atomic mass is 9.99. The maximum atomic E-state index is 10.8. The highest BCUT2D eigenvalue weighted by molar-refractivity contribution is 5.60. The number of hydrogen-bond donors (Lipinski definition) is 2. The summed E-state index contributed by atoms with van der Waals surface area (Å²) in [6, 6.07) is 13.7. The molecule has 0 aliphatic rings. The summed E-state index contributed by atoms with van der Waals surface area (Å²) in [6.45, 7) is 0. The third-order valence-corrected chi connectivity index (χ3v) is 2.77. The summed E-state index contributed by atoms with van der Waals surface area (Å²) in [5, 5.41) is 10.8. The van der Waals surface area contributed by atoms with E-state index in [9.17, 15) is 10.1 Å². The van der Waals surface area contributed by atoms with Crippen LogP contribution in [0.1, 0.15) is 17.2 Å². The van der Waals surface area contributed by atoms with Crippen molar-refractivity contribution in [1.29, 1.82) is 0 Å². The Balaban J connectivity index is 2.40. The number of nitrogens with two attached hydrogens (primary N) is 2. The molecule has 0 unspecified atom stereocenters. The van der Waals surface area contributed by atoms with Crippen molar-refractivity contribution < 1.29 is 4.92 Å². The van der Waals surface area contributed by atoms with Crippen LogP contribution in [-0.4, -0.2) is 4.92 Å². The van der Waals surface area contributed by atoms with Gasteiger partial charge in [-0.15, -0.1) is 0 Å². The van der Waals surface area contributed by atoms with Crippen molar-refractivity contribution in [3.63, 3.8) is 0 Å². The molecule has 0 radical (unpaired) electrons. The normalized spacial score (nSPS) is 12.1. The minimum absolute atomic E-state index is 0.112. The maximum Gasteiger partial charge on any atom is 0.292 e. The summed E-state index contributed by atoms with van der Waals surface area (Å²) < 4.78 is 0. The second kappa shape index (κ2) is 4.85. The fourth-order valence-electron chi connectivity index (χ4n) is 1.77. The van der Waals surface area contributed by atoms with Crippen molar-refractivity contribution in [2.75, 3.05) is 5.73 Å². The van der Waals surface area contributed by atoms with Crippen molar-refractivity contribution in [3.05, 3.63) is 69.8 Å². The predicted molar refractivity (Wildman–Crippen MR) is 70.0 cm³/mol. The van der Waals surface area contributed by atoms with Crippen LogP contribution in [-0.2, 0) is 0 Å². The number of rotatable bonds is 3. The first-order chi connectivity index (χ1) is 8.59. The number of anilines is 1. The number of nitrogen functional groups attached to an aromatic ring is 1. The number of benzene rings is 2. The van der Waals surface area contributed by atoms with Gasteiger partial charge in [0.1, 0.15) is 5.69 Å². The third-order valence-electron chi connectivity index (χ3n) is 2.77. The van der Waals surface area contributed by atoms with Crippen molar-refractivity contribution in [2.24, 2.45) is 5.73 Å². The van der Waals surface area contributed by atoms with Gasteiger partial charge >= 0.3 is 0 Å². The molecule has 0 saturated carbocycles. The van der Waals surface area contributed by atoms with Crippen LogP contribution < -0.4 is 11.5 Å². The van der Waals surface area contributed by atoms with E-state index in [1.54, 1.807) is 6.07 Å². The van der Waals surface area contributed by atoms with Crippen LogP contribution in [0.2, 0.25) is 0 Å². The van der Waals surface area contributed by atoms with Gasteiger partial charge in [-0.3, -0.25) is 10.1 Å². The Morgan fingerprint density at radius 1 is 1.06 bits per heavy atom. The Morgan fingerprint density at radius 2 is 1.72 bits per heavy atom. The third kappa shape index (κ3) is 2.31. The molecule has 4 N–H and O–H groups in total. The largest absolute Gasteiger partial charge is 0.393 e. The maximum absolute atomic E-state index is 10.8. The van der Waals surface area contributed by atoms with Gasteiger partial charge in [0.25, 0.3) is 5.69 Å². The molecule has 1 atom stereocenters. The molecule has 0 amide bonds. The van der Waals surface area contributed by atoms with E-state index in [0.717, 1.165) is 5.56 Å². The van der Waals surface area contributed by atoms with Crippen molar-refractivity contribution >= 4 is 11.4 Å². The average Bonchev–Trinajstić information content (AvgIpc) is 2.39. The zero-order valence-corrected chi connectivity index (χ0v) is 9.61. The summed E-state index contributed by atoms with van der Waals surface area (Å²) >= 11 is 0. The van der Waals surface area contributed by atoms with E-state index in [2.05, 4.69) is 0 Å². The molecule has 5 nitrogen and oxygen atoms in total. The quantitative estimate of drug-likeness (QED) is 0.491. The fourth-order valence-corrected chi connectivity index (χ4v) is 1.77. The number of nitro benzene ring substituents is 1. The zero-order chi connectivity index (χ0) is 13.1. The minimum atomic E-state index is -0.503. The van der Waals surface area contributed by atoms with E-state index in [-0.39, 0.29) is 11.4 Å². The Morgan fingerprint density at radius 3 is 2.33 bits per heavy atom. The van der Waals surface area contributed by atoms with Crippen molar-refractivity contribution in [1.82, 2.24) is 0 Å². The van der Waals surface area contributed by atoms with Gasteiger partial charge in [-0.05, 0) is 17.2 Å². The van der Waals surface area contributed by atoms with E-state index >= 15 is 0 Å². The van der Waals surface area contributed by atoms with Gasteiger partial charge in [-0.25, -0.2) is 0 Å². The summed E-state index contributed by atoms with van der Waals surface area (Å²) in [6.07, 6.45) is 0. The first-order valence-corrected chi connectivity index (χ1v) is 5.44. The highest BCUT2D eigenvalue weighted by Crippen LogP contribution is 2.27. The molecule has 0 saturated heterocycles. The molecule has 2 rings (SSSR count). The van der Waals surface area contributed by atoms with Gasteiger partial charge < -0.3 is 11.5 Å². The summed E-state index contributed by atoms with van der Waals surface area (Å²) in [4.78, 5) is 10.3. The van der Waals surface area contributed by atoms with Gasteiger partial charge in [0.15, 0.2) is 0 Å². The zero-order valence-electron chi connectivity index (χ0n) is 9.61. The molecule has 0 spiro atoms. The van der Waals surface area contributed by atoms with Crippen LogP contribution in [0.15, 0.2) is 48.5 Å². The SMILES string of the molecule is Nc1ccc([C@H](N)c2ccccc2)cc1[N+](=O)[O-]. The van der Waals surface area contributed by atoms with Crippen LogP contribution >= 0.6 is 0 Å². The molecule has 0 aliphatic carbocycles. The van der Waals surface area contributed by atoms with Crippen LogP contribution in [0, 0.1) is 10.1 Å². The van der Waals surface area contributed by atoms with Gasteiger partial charge in [-0.1, -0.05) is 36.4 Å². The van der Waals surface area contributed by atoms with Crippen molar-refractivity contribution in [3.8, 4) is 0 Å². The molecule has 0 heterocycles. The smallest absolute Gasteiger partial charge is 0.292 e. The molecule has 18 heavy (non-hydrogen) atoms. The average molecular weight is 243 g/mol. The molecule has 0 aliphatic heterocycles. The molecular formula is C13H13N3O2. The Labute approximate surface area is 104 Å². The molecule has 92 valence electrons. The second-order valence-electron chi connectivity index (χ2n) is 3.96. The molecule has 0 bridgehead atoms. The Hall–Kier alpha value is -2.40. The standard InChI is InChI=1S/C13H13N3O2/c14-11-7-6-10(8-12(11)16(17)18)13(15)9-4-2-1-3-5-9/h1-8,13H,14-15H2/t13-/m1/s1. The predicted octanol–water partition coefficient (Wildman–Crippen LogP) is 2.23. The molecule has 5 heteroatoms. The van der Waals surface area contributed by atoms with Crippen LogP contribution in [0.25, 0.3) is 0 Å². The summed E-state index contributed by atoms with van der Waals surface area (Å²) in [7, 11) is 0. The summed E-state index contributed by atoms with van der Waals surface area (Å²) in [5.41, 5.74) is 13.2. The molecule has 0 fully saturated rings. The van der Waals surface area contributed by atoms with Crippen molar-refractivity contribution in [2.45, 2.75) is 6.04 Å². The lowest BCUT2D eigenvalue weighted by Gasteiger charge is -2.12. The van der Waals surface area contributed by atoms with Gasteiger partial charge in [-0.2, -0.15) is 0 Å². The van der Waals surface area contributed by atoms with Crippen LogP contribution in [0.4, 0.5) is 11.4 Å². The molecular weight excluding hydrogens is 230 g/mol.